The lowest BCUT2D eigenvalue weighted by Gasteiger charge is -2.10. The number of anilines is 1. The minimum Gasteiger partial charge on any atom is -0.444 e. The molecule has 0 radical (unpaired) electrons. The number of amides is 1. The van der Waals surface area contributed by atoms with Crippen LogP contribution >= 0.6 is 11.6 Å². The molecule has 106 valence electrons. The first-order valence-electron chi connectivity index (χ1n) is 6.33. The van der Waals surface area contributed by atoms with Crippen LogP contribution in [0.2, 0.25) is 5.02 Å². The monoisotopic (exact) mass is 293 g/mol. The number of nitrogens with one attached hydrogen (secondary N) is 2. The predicted octanol–water partition coefficient (Wildman–Crippen LogP) is 3.00. The number of oxazole rings is 1. The van der Waals surface area contributed by atoms with Gasteiger partial charge >= 0.3 is 0 Å². The number of hydrogen-bond donors (Lipinski definition) is 2. The van der Waals surface area contributed by atoms with Gasteiger partial charge in [0.25, 0.3) is 5.91 Å². The minimum absolute atomic E-state index is 0.223. The largest absolute Gasteiger partial charge is 0.444 e. The molecule has 1 amide bonds. The van der Waals surface area contributed by atoms with E-state index in [0.29, 0.717) is 22.2 Å². The number of aromatic nitrogens is 1. The molecule has 2 N–H and O–H groups in total. The average molecular weight is 294 g/mol. The molecule has 1 aromatic heterocycles. The summed E-state index contributed by atoms with van der Waals surface area (Å²) in [5.41, 5.74) is 1.25. The van der Waals surface area contributed by atoms with Crippen LogP contribution in [0.1, 0.15) is 28.9 Å². The summed E-state index contributed by atoms with van der Waals surface area (Å²) in [4.78, 5) is 16.2. The highest BCUT2D eigenvalue weighted by Gasteiger charge is 2.12. The number of nitrogens with zero attached hydrogens (tertiary/aromatic N) is 1. The SMILES string of the molecule is CCNc1ccc(Cl)cc1C(=O)NCc1ncc(C)o1. The van der Waals surface area contributed by atoms with Crippen molar-refractivity contribution in [3.63, 3.8) is 0 Å². The van der Waals surface area contributed by atoms with Gasteiger partial charge in [0, 0.05) is 17.3 Å². The average Bonchev–Trinajstić information content (AvgIpc) is 2.84. The second-order valence-corrected chi connectivity index (χ2v) is 4.70. The van der Waals surface area contributed by atoms with Gasteiger partial charge in [0.2, 0.25) is 5.89 Å². The van der Waals surface area contributed by atoms with Gasteiger partial charge < -0.3 is 15.1 Å². The number of aryl methyl sites for hydroxylation is 1. The van der Waals surface area contributed by atoms with Crippen LogP contribution in [-0.4, -0.2) is 17.4 Å². The fraction of sp³-hybridized carbons (Fsp3) is 0.286. The van der Waals surface area contributed by atoms with E-state index in [2.05, 4.69) is 15.6 Å². The van der Waals surface area contributed by atoms with E-state index >= 15 is 0 Å². The summed E-state index contributed by atoms with van der Waals surface area (Å²) in [6, 6.07) is 5.17. The summed E-state index contributed by atoms with van der Waals surface area (Å²) in [6.07, 6.45) is 1.62. The standard InChI is InChI=1S/C14H16ClN3O2/c1-3-16-12-5-4-10(15)6-11(12)14(19)18-8-13-17-7-9(2)20-13/h4-7,16H,3,8H2,1-2H3,(H,18,19). The summed E-state index contributed by atoms with van der Waals surface area (Å²) in [5.74, 6) is 0.965. The van der Waals surface area contributed by atoms with Crippen molar-refractivity contribution in [3.05, 3.63) is 46.6 Å². The first-order chi connectivity index (χ1) is 9.60. The Morgan fingerprint density at radius 2 is 2.25 bits per heavy atom. The van der Waals surface area contributed by atoms with Crippen LogP contribution in [0.25, 0.3) is 0 Å². The van der Waals surface area contributed by atoms with Gasteiger partial charge in [0.05, 0.1) is 18.3 Å². The van der Waals surface area contributed by atoms with Crippen LogP contribution in [0.3, 0.4) is 0 Å². The second kappa shape index (κ2) is 6.43. The quantitative estimate of drug-likeness (QED) is 0.889. The molecule has 1 heterocycles. The van der Waals surface area contributed by atoms with Gasteiger partial charge in [-0.15, -0.1) is 0 Å². The first kappa shape index (κ1) is 14.4. The lowest BCUT2D eigenvalue weighted by atomic mass is 10.1. The number of benzene rings is 1. The summed E-state index contributed by atoms with van der Waals surface area (Å²) in [5, 5.41) is 6.41. The minimum atomic E-state index is -0.223. The van der Waals surface area contributed by atoms with Crippen molar-refractivity contribution in [2.24, 2.45) is 0 Å². The van der Waals surface area contributed by atoms with Crippen LogP contribution in [0, 0.1) is 6.92 Å². The smallest absolute Gasteiger partial charge is 0.253 e. The molecule has 0 aliphatic carbocycles. The third-order valence-corrected chi connectivity index (χ3v) is 2.90. The van der Waals surface area contributed by atoms with Gasteiger partial charge in [0.1, 0.15) is 5.76 Å². The van der Waals surface area contributed by atoms with E-state index in [1.807, 2.05) is 6.92 Å². The lowest BCUT2D eigenvalue weighted by Crippen LogP contribution is -2.24. The van der Waals surface area contributed by atoms with Crippen molar-refractivity contribution in [2.45, 2.75) is 20.4 Å². The van der Waals surface area contributed by atoms with E-state index in [4.69, 9.17) is 16.0 Å². The lowest BCUT2D eigenvalue weighted by molar-refractivity contribution is 0.0948. The van der Waals surface area contributed by atoms with Gasteiger partial charge in [-0.05, 0) is 32.0 Å². The van der Waals surface area contributed by atoms with E-state index in [-0.39, 0.29) is 12.5 Å². The zero-order valence-corrected chi connectivity index (χ0v) is 12.1. The van der Waals surface area contributed by atoms with Crippen molar-refractivity contribution in [3.8, 4) is 0 Å². The fourth-order valence-corrected chi connectivity index (χ4v) is 1.96. The number of carbonyl (C=O) groups excluding carboxylic acids is 1. The normalized spacial score (nSPS) is 10.3. The van der Waals surface area contributed by atoms with Gasteiger partial charge in [0.15, 0.2) is 0 Å². The number of halogens is 1. The maximum absolute atomic E-state index is 12.2. The molecule has 6 heteroatoms. The highest BCUT2D eigenvalue weighted by Crippen LogP contribution is 2.20. The summed E-state index contributed by atoms with van der Waals surface area (Å²) in [7, 11) is 0. The van der Waals surface area contributed by atoms with Gasteiger partial charge in [-0.2, -0.15) is 0 Å². The van der Waals surface area contributed by atoms with E-state index in [0.717, 1.165) is 12.2 Å². The molecule has 0 bridgehead atoms. The Morgan fingerprint density at radius 1 is 1.45 bits per heavy atom. The Balaban J connectivity index is 2.09. The number of rotatable bonds is 5. The molecule has 5 nitrogen and oxygen atoms in total. The number of hydrogen-bond acceptors (Lipinski definition) is 4. The van der Waals surface area contributed by atoms with E-state index in [1.165, 1.54) is 0 Å². The zero-order chi connectivity index (χ0) is 14.5. The predicted molar refractivity (Wildman–Crippen MR) is 78.0 cm³/mol. The molecule has 0 spiro atoms. The molecule has 2 rings (SSSR count). The van der Waals surface area contributed by atoms with Crippen LogP contribution in [0.4, 0.5) is 5.69 Å². The molecule has 20 heavy (non-hydrogen) atoms. The highest BCUT2D eigenvalue weighted by atomic mass is 35.5. The van der Waals surface area contributed by atoms with E-state index in [1.54, 1.807) is 31.3 Å². The van der Waals surface area contributed by atoms with Crippen molar-refractivity contribution in [1.82, 2.24) is 10.3 Å². The van der Waals surface area contributed by atoms with Crippen molar-refractivity contribution >= 4 is 23.2 Å². The molecular formula is C14H16ClN3O2. The molecule has 0 unspecified atom stereocenters. The summed E-state index contributed by atoms with van der Waals surface area (Å²) >= 11 is 5.94. The molecule has 0 saturated carbocycles. The van der Waals surface area contributed by atoms with Crippen molar-refractivity contribution in [1.29, 1.82) is 0 Å². The maximum Gasteiger partial charge on any atom is 0.253 e. The van der Waals surface area contributed by atoms with E-state index < -0.39 is 0 Å². The molecule has 0 aliphatic rings. The first-order valence-corrected chi connectivity index (χ1v) is 6.71. The van der Waals surface area contributed by atoms with Gasteiger partial charge in [-0.1, -0.05) is 11.6 Å². The molecule has 0 fully saturated rings. The van der Waals surface area contributed by atoms with Crippen LogP contribution in [0.5, 0.6) is 0 Å². The van der Waals surface area contributed by atoms with Gasteiger partial charge in [-0.3, -0.25) is 4.79 Å². The van der Waals surface area contributed by atoms with Crippen LogP contribution < -0.4 is 10.6 Å². The zero-order valence-electron chi connectivity index (χ0n) is 11.4. The Kier molecular flexibility index (Phi) is 4.63. The molecule has 0 saturated heterocycles. The Hall–Kier alpha value is -2.01. The summed E-state index contributed by atoms with van der Waals surface area (Å²) < 4.78 is 5.30. The maximum atomic E-state index is 12.2. The van der Waals surface area contributed by atoms with E-state index in [9.17, 15) is 4.79 Å². The fourth-order valence-electron chi connectivity index (χ4n) is 1.78. The summed E-state index contributed by atoms with van der Waals surface area (Å²) in [6.45, 7) is 4.73. The van der Waals surface area contributed by atoms with Gasteiger partial charge in [-0.25, -0.2) is 4.98 Å². The van der Waals surface area contributed by atoms with Crippen LogP contribution in [0.15, 0.2) is 28.8 Å². The van der Waals surface area contributed by atoms with Crippen molar-refractivity contribution < 1.29 is 9.21 Å². The second-order valence-electron chi connectivity index (χ2n) is 4.27. The Morgan fingerprint density at radius 3 is 2.90 bits per heavy atom. The molecule has 2 aromatic rings. The third-order valence-electron chi connectivity index (χ3n) is 2.66. The topological polar surface area (TPSA) is 67.2 Å². The molecular weight excluding hydrogens is 278 g/mol. The molecule has 1 aromatic carbocycles. The third kappa shape index (κ3) is 3.51. The van der Waals surface area contributed by atoms with Crippen molar-refractivity contribution in [2.75, 3.05) is 11.9 Å². The molecule has 0 aliphatic heterocycles. The van der Waals surface area contributed by atoms with Crippen LogP contribution in [-0.2, 0) is 6.54 Å². The number of carbonyl (C=O) groups is 1. The molecule has 0 atom stereocenters. The highest BCUT2D eigenvalue weighted by molar-refractivity contribution is 6.31. The Bertz CT molecular complexity index is 610. The Labute approximate surface area is 122 Å².